The van der Waals surface area contributed by atoms with Crippen molar-refractivity contribution < 1.29 is 23.9 Å². The van der Waals surface area contributed by atoms with Crippen molar-refractivity contribution in [3.63, 3.8) is 0 Å². The second-order valence-corrected chi connectivity index (χ2v) is 9.09. The first-order valence-electron chi connectivity index (χ1n) is 11.2. The van der Waals surface area contributed by atoms with Crippen LogP contribution in [-0.2, 0) is 9.59 Å². The van der Waals surface area contributed by atoms with E-state index in [1.165, 1.54) is 0 Å². The fraction of sp³-hybridized carbons (Fsp3) is 0.148. The molecule has 1 heterocycles. The minimum absolute atomic E-state index is 0.147. The Morgan fingerprint density at radius 2 is 1.78 bits per heavy atom. The Balaban J connectivity index is 1.51. The van der Waals surface area contributed by atoms with Gasteiger partial charge >= 0.3 is 6.03 Å². The van der Waals surface area contributed by atoms with Gasteiger partial charge in [-0.15, -0.1) is 0 Å². The van der Waals surface area contributed by atoms with Gasteiger partial charge in [0.1, 0.15) is 5.70 Å². The number of amides is 4. The third-order valence-corrected chi connectivity index (χ3v) is 6.02. The summed E-state index contributed by atoms with van der Waals surface area (Å²) in [6.45, 7) is 3.98. The number of para-hydroxylation sites is 1. The normalized spacial score (nSPS) is 14.1. The fourth-order valence-corrected chi connectivity index (χ4v) is 4.34. The number of carbonyl (C=O) groups is 3. The van der Waals surface area contributed by atoms with Gasteiger partial charge in [-0.2, -0.15) is 0 Å². The van der Waals surface area contributed by atoms with E-state index in [2.05, 4.69) is 33.2 Å². The van der Waals surface area contributed by atoms with Crippen LogP contribution in [0.3, 0.4) is 0 Å². The van der Waals surface area contributed by atoms with Crippen LogP contribution in [0.5, 0.6) is 11.5 Å². The number of rotatable bonds is 8. The summed E-state index contributed by atoms with van der Waals surface area (Å²) in [7, 11) is 0. The van der Waals surface area contributed by atoms with Crippen LogP contribution in [0.4, 0.5) is 16.2 Å². The second-order valence-electron chi connectivity index (χ2n) is 7.93. The Bertz CT molecular complexity index is 1320. The number of anilines is 2. The predicted molar refractivity (Wildman–Crippen MR) is 146 cm³/mol. The molecule has 2 N–H and O–H groups in total. The molecule has 4 amide bonds. The molecule has 184 valence electrons. The summed E-state index contributed by atoms with van der Waals surface area (Å²) in [5.41, 5.74) is 3.05. The monoisotopic (exact) mass is 597 g/mol. The molecule has 0 bridgehead atoms. The van der Waals surface area contributed by atoms with Crippen molar-refractivity contribution in [2.45, 2.75) is 13.8 Å². The van der Waals surface area contributed by atoms with Crippen LogP contribution < -0.4 is 25.0 Å². The quantitative estimate of drug-likeness (QED) is 0.214. The number of nitrogens with zero attached hydrogens (tertiary/aromatic N) is 1. The largest absolute Gasteiger partial charge is 0.490 e. The third-order valence-electron chi connectivity index (χ3n) is 5.22. The number of carbonyl (C=O) groups excluding carboxylic acids is 3. The maximum atomic E-state index is 12.9. The van der Waals surface area contributed by atoms with Crippen molar-refractivity contribution in [1.82, 2.24) is 5.32 Å². The van der Waals surface area contributed by atoms with Gasteiger partial charge in [0.15, 0.2) is 18.1 Å². The van der Waals surface area contributed by atoms with Crippen LogP contribution in [0.25, 0.3) is 6.08 Å². The van der Waals surface area contributed by atoms with Gasteiger partial charge in [-0.05, 0) is 84.5 Å². The van der Waals surface area contributed by atoms with Gasteiger partial charge in [0.05, 0.1) is 15.9 Å². The lowest BCUT2D eigenvalue weighted by Crippen LogP contribution is -2.30. The van der Waals surface area contributed by atoms with Crippen molar-refractivity contribution >= 4 is 57.9 Å². The summed E-state index contributed by atoms with van der Waals surface area (Å²) in [6.07, 6.45) is 1.59. The lowest BCUT2D eigenvalue weighted by molar-refractivity contribution is -0.118. The van der Waals surface area contributed by atoms with Crippen LogP contribution in [0.15, 0.2) is 72.4 Å². The van der Waals surface area contributed by atoms with E-state index in [1.807, 2.05) is 44.2 Å². The minimum atomic E-state index is -0.517. The maximum absolute atomic E-state index is 12.9. The average molecular weight is 597 g/mol. The molecule has 0 aromatic heterocycles. The van der Waals surface area contributed by atoms with Gasteiger partial charge in [0.2, 0.25) is 0 Å². The molecule has 8 nitrogen and oxygen atoms in total. The molecule has 4 rings (SSSR count). The summed E-state index contributed by atoms with van der Waals surface area (Å²) in [6, 6.07) is 19.2. The number of benzene rings is 3. The Kier molecular flexibility index (Phi) is 7.89. The molecule has 36 heavy (non-hydrogen) atoms. The molecular weight excluding hydrogens is 573 g/mol. The Morgan fingerprint density at radius 3 is 2.47 bits per heavy atom. The van der Waals surface area contributed by atoms with Gasteiger partial charge in [-0.1, -0.05) is 35.9 Å². The molecule has 0 aliphatic carbocycles. The molecule has 1 aliphatic heterocycles. The number of imide groups is 1. The first-order chi connectivity index (χ1) is 17.4. The van der Waals surface area contributed by atoms with E-state index >= 15 is 0 Å². The first-order valence-corrected chi connectivity index (χ1v) is 12.3. The number of hydrogen-bond acceptors (Lipinski definition) is 5. The SMILES string of the molecule is CCOc1cc(/C=C2/NC(=O)N(c3ccccc3)C2=O)cc(I)c1OCC(=O)Nc1ccc(C)cc1. The molecule has 0 spiro atoms. The Hall–Kier alpha value is -3.86. The summed E-state index contributed by atoms with van der Waals surface area (Å²) in [5, 5.41) is 5.42. The number of ether oxygens (including phenoxy) is 2. The van der Waals surface area contributed by atoms with Crippen molar-refractivity contribution in [2.24, 2.45) is 0 Å². The third kappa shape index (κ3) is 5.85. The predicted octanol–water partition coefficient (Wildman–Crippen LogP) is 5.11. The van der Waals surface area contributed by atoms with E-state index in [0.29, 0.717) is 38.6 Å². The minimum Gasteiger partial charge on any atom is -0.490 e. The molecule has 3 aromatic rings. The highest BCUT2D eigenvalue weighted by Gasteiger charge is 2.34. The highest BCUT2D eigenvalue weighted by Crippen LogP contribution is 2.35. The van der Waals surface area contributed by atoms with Crippen molar-refractivity contribution in [3.05, 3.63) is 87.1 Å². The molecule has 1 saturated heterocycles. The second kappa shape index (κ2) is 11.3. The van der Waals surface area contributed by atoms with E-state index in [0.717, 1.165) is 10.5 Å². The zero-order chi connectivity index (χ0) is 25.7. The maximum Gasteiger partial charge on any atom is 0.333 e. The lowest BCUT2D eigenvalue weighted by Gasteiger charge is -2.15. The van der Waals surface area contributed by atoms with Gasteiger partial charge in [-0.3, -0.25) is 9.59 Å². The topological polar surface area (TPSA) is 97.0 Å². The number of aryl methyl sites for hydroxylation is 1. The molecule has 1 aliphatic rings. The van der Waals surface area contributed by atoms with Gasteiger partial charge < -0.3 is 20.1 Å². The van der Waals surface area contributed by atoms with Crippen LogP contribution in [-0.4, -0.2) is 31.1 Å². The van der Waals surface area contributed by atoms with Gasteiger partial charge in [-0.25, -0.2) is 9.69 Å². The molecule has 0 radical (unpaired) electrons. The number of urea groups is 1. The lowest BCUT2D eigenvalue weighted by atomic mass is 10.1. The van der Waals surface area contributed by atoms with Crippen molar-refractivity contribution in [2.75, 3.05) is 23.4 Å². The van der Waals surface area contributed by atoms with Gasteiger partial charge in [0.25, 0.3) is 11.8 Å². The highest BCUT2D eigenvalue weighted by atomic mass is 127. The zero-order valence-corrected chi connectivity index (χ0v) is 21.9. The Labute approximate surface area is 222 Å². The fourth-order valence-electron chi connectivity index (χ4n) is 3.56. The van der Waals surface area contributed by atoms with Gasteiger partial charge in [0, 0.05) is 5.69 Å². The number of nitrogens with one attached hydrogen (secondary N) is 2. The molecular formula is C27H24IN3O5. The van der Waals surface area contributed by atoms with Crippen LogP contribution >= 0.6 is 22.6 Å². The molecule has 0 unspecified atom stereocenters. The standard InChI is InChI=1S/C27H24IN3O5/c1-3-35-23-15-18(14-22-26(33)31(27(34)30-22)20-7-5-4-6-8-20)13-21(28)25(23)36-16-24(32)29-19-11-9-17(2)10-12-19/h4-15H,3,16H2,1-2H3,(H,29,32)(H,30,34)/b22-14+. The van der Waals surface area contributed by atoms with Crippen molar-refractivity contribution in [3.8, 4) is 11.5 Å². The highest BCUT2D eigenvalue weighted by molar-refractivity contribution is 14.1. The van der Waals surface area contributed by atoms with E-state index in [4.69, 9.17) is 9.47 Å². The summed E-state index contributed by atoms with van der Waals surface area (Å²) >= 11 is 2.09. The van der Waals surface area contributed by atoms with Crippen molar-refractivity contribution in [1.29, 1.82) is 0 Å². The molecule has 3 aromatic carbocycles. The molecule has 9 heteroatoms. The van der Waals surface area contributed by atoms with E-state index in [9.17, 15) is 14.4 Å². The molecule has 0 saturated carbocycles. The van der Waals surface area contributed by atoms with Crippen LogP contribution in [0, 0.1) is 10.5 Å². The number of halogens is 1. The van der Waals surface area contributed by atoms with E-state index < -0.39 is 11.9 Å². The number of hydrogen-bond donors (Lipinski definition) is 2. The van der Waals surface area contributed by atoms with E-state index in [1.54, 1.807) is 42.5 Å². The summed E-state index contributed by atoms with van der Waals surface area (Å²) in [4.78, 5) is 38.8. The molecule has 0 atom stereocenters. The Morgan fingerprint density at radius 1 is 1.06 bits per heavy atom. The van der Waals surface area contributed by atoms with Crippen LogP contribution in [0.1, 0.15) is 18.1 Å². The average Bonchev–Trinajstić information content (AvgIpc) is 3.13. The van der Waals surface area contributed by atoms with Crippen LogP contribution in [0.2, 0.25) is 0 Å². The molecule has 1 fully saturated rings. The van der Waals surface area contributed by atoms with E-state index in [-0.39, 0.29) is 18.2 Å². The summed E-state index contributed by atoms with van der Waals surface area (Å²) in [5.74, 6) is 0.0956. The summed E-state index contributed by atoms with van der Waals surface area (Å²) < 4.78 is 12.2. The smallest absolute Gasteiger partial charge is 0.333 e. The zero-order valence-electron chi connectivity index (χ0n) is 19.7. The first kappa shape index (κ1) is 25.2.